The summed E-state index contributed by atoms with van der Waals surface area (Å²) in [5.41, 5.74) is 0.389. The van der Waals surface area contributed by atoms with Crippen molar-refractivity contribution in [2.45, 2.75) is 17.9 Å². The molecule has 1 atom stereocenters. The number of benzene rings is 1. The van der Waals surface area contributed by atoms with Crippen molar-refractivity contribution >= 4 is 15.8 Å². The maximum atomic E-state index is 12.1. The van der Waals surface area contributed by atoms with Crippen LogP contribution >= 0.6 is 0 Å². The van der Waals surface area contributed by atoms with Gasteiger partial charge in [0.25, 0.3) is 0 Å². The molecule has 108 valence electrons. The summed E-state index contributed by atoms with van der Waals surface area (Å²) < 4.78 is 24.1. The van der Waals surface area contributed by atoms with E-state index >= 15 is 0 Å². The zero-order valence-corrected chi connectivity index (χ0v) is 12.1. The van der Waals surface area contributed by atoms with Gasteiger partial charge in [-0.25, -0.2) is 8.42 Å². The Hall–Kier alpha value is -1.91. The van der Waals surface area contributed by atoms with E-state index in [2.05, 4.69) is 0 Å². The standard InChI is InChI=1S/C13H16N2O4S/c1-10(13(16)17)15(2)7-8-20(18,19)12-5-3-11(9-14)4-6-12/h3-6,10H,7-8H2,1-2H3,(H,16,17). The molecule has 1 unspecified atom stereocenters. The van der Waals surface area contributed by atoms with Crippen molar-refractivity contribution < 1.29 is 18.3 Å². The lowest BCUT2D eigenvalue weighted by Crippen LogP contribution is -2.38. The average molecular weight is 296 g/mol. The maximum absolute atomic E-state index is 12.1. The largest absolute Gasteiger partial charge is 0.480 e. The van der Waals surface area contributed by atoms with Crippen LogP contribution in [0.4, 0.5) is 0 Å². The van der Waals surface area contributed by atoms with Gasteiger partial charge in [0.05, 0.1) is 22.3 Å². The quantitative estimate of drug-likeness (QED) is 0.831. The SMILES string of the molecule is CC(C(=O)O)N(C)CCS(=O)(=O)c1ccc(C#N)cc1. The molecule has 0 fully saturated rings. The number of hydrogen-bond acceptors (Lipinski definition) is 5. The van der Waals surface area contributed by atoms with Crippen molar-refractivity contribution in [2.75, 3.05) is 19.3 Å². The molecular weight excluding hydrogens is 280 g/mol. The van der Waals surface area contributed by atoms with Crippen molar-refractivity contribution in [1.29, 1.82) is 5.26 Å². The summed E-state index contributed by atoms with van der Waals surface area (Å²) in [6, 6.07) is 6.82. The van der Waals surface area contributed by atoms with Crippen LogP contribution in [0.5, 0.6) is 0 Å². The fourth-order valence-electron chi connectivity index (χ4n) is 1.50. The van der Waals surface area contributed by atoms with E-state index in [-0.39, 0.29) is 17.2 Å². The second kappa shape index (κ2) is 6.50. The molecule has 1 aromatic carbocycles. The first-order valence-electron chi connectivity index (χ1n) is 5.94. The molecule has 0 saturated heterocycles. The van der Waals surface area contributed by atoms with Gasteiger partial charge in [0.2, 0.25) is 0 Å². The molecule has 0 amide bonds. The molecule has 0 aromatic heterocycles. The topological polar surface area (TPSA) is 98.5 Å². The molecule has 0 saturated carbocycles. The van der Waals surface area contributed by atoms with Gasteiger partial charge in [-0.1, -0.05) is 0 Å². The molecular formula is C13H16N2O4S. The maximum Gasteiger partial charge on any atom is 0.320 e. The van der Waals surface area contributed by atoms with Gasteiger partial charge in [-0.05, 0) is 38.2 Å². The van der Waals surface area contributed by atoms with E-state index in [1.165, 1.54) is 36.1 Å². The van der Waals surface area contributed by atoms with Crippen LogP contribution in [0.3, 0.4) is 0 Å². The average Bonchev–Trinajstić information content (AvgIpc) is 2.44. The second-order valence-electron chi connectivity index (χ2n) is 4.45. The minimum Gasteiger partial charge on any atom is -0.480 e. The summed E-state index contributed by atoms with van der Waals surface area (Å²) >= 11 is 0. The number of carbonyl (C=O) groups is 1. The fraction of sp³-hybridized carbons (Fsp3) is 0.385. The Bertz CT molecular complexity index is 617. The number of aliphatic carboxylic acids is 1. The Morgan fingerprint density at radius 3 is 2.40 bits per heavy atom. The molecule has 0 bridgehead atoms. The first-order chi connectivity index (χ1) is 9.27. The number of nitrogens with zero attached hydrogens (tertiary/aromatic N) is 2. The third-order valence-electron chi connectivity index (χ3n) is 3.07. The number of sulfone groups is 1. The Kier molecular flexibility index (Phi) is 5.25. The Labute approximate surface area is 118 Å². The van der Waals surface area contributed by atoms with E-state index in [0.29, 0.717) is 5.56 Å². The Morgan fingerprint density at radius 1 is 1.40 bits per heavy atom. The highest BCUT2D eigenvalue weighted by Gasteiger charge is 2.20. The van der Waals surface area contributed by atoms with Crippen LogP contribution in [0.25, 0.3) is 0 Å². The highest BCUT2D eigenvalue weighted by Crippen LogP contribution is 2.12. The minimum absolute atomic E-state index is 0.121. The number of rotatable bonds is 6. The van der Waals surface area contributed by atoms with E-state index in [4.69, 9.17) is 10.4 Å². The predicted octanol–water partition coefficient (Wildman–Crippen LogP) is 0.737. The minimum atomic E-state index is -3.48. The van der Waals surface area contributed by atoms with Gasteiger partial charge < -0.3 is 5.11 Å². The van der Waals surface area contributed by atoms with E-state index in [0.717, 1.165) is 0 Å². The first-order valence-corrected chi connectivity index (χ1v) is 7.59. The van der Waals surface area contributed by atoms with Crippen molar-refractivity contribution in [3.05, 3.63) is 29.8 Å². The summed E-state index contributed by atoms with van der Waals surface area (Å²) in [5.74, 6) is -1.17. The lowest BCUT2D eigenvalue weighted by molar-refractivity contribution is -0.142. The fourth-order valence-corrected chi connectivity index (χ4v) is 2.82. The van der Waals surface area contributed by atoms with Crippen molar-refractivity contribution in [3.8, 4) is 6.07 Å². The molecule has 7 heteroatoms. The van der Waals surface area contributed by atoms with Crippen molar-refractivity contribution in [3.63, 3.8) is 0 Å². The molecule has 20 heavy (non-hydrogen) atoms. The number of carboxylic acids is 1. The van der Waals surface area contributed by atoms with Gasteiger partial charge in [-0.15, -0.1) is 0 Å². The van der Waals surface area contributed by atoms with E-state index < -0.39 is 21.8 Å². The van der Waals surface area contributed by atoms with Crippen LogP contribution < -0.4 is 0 Å². The van der Waals surface area contributed by atoms with Crippen LogP contribution in [0.1, 0.15) is 12.5 Å². The molecule has 0 aliphatic heterocycles. The zero-order chi connectivity index (χ0) is 15.3. The summed E-state index contributed by atoms with van der Waals surface area (Å²) in [5, 5.41) is 17.5. The predicted molar refractivity (Wildman–Crippen MR) is 72.9 cm³/mol. The van der Waals surface area contributed by atoms with E-state index in [1.54, 1.807) is 7.05 Å². The molecule has 1 aromatic rings. The number of likely N-dealkylation sites (N-methyl/N-ethyl adjacent to an activating group) is 1. The summed E-state index contributed by atoms with van der Waals surface area (Å²) in [6.45, 7) is 1.62. The number of nitriles is 1. The van der Waals surface area contributed by atoms with Crippen LogP contribution in [0.15, 0.2) is 29.2 Å². The molecule has 0 aliphatic carbocycles. The highest BCUT2D eigenvalue weighted by atomic mass is 32.2. The lowest BCUT2D eigenvalue weighted by Gasteiger charge is -2.20. The van der Waals surface area contributed by atoms with Crippen molar-refractivity contribution in [2.24, 2.45) is 0 Å². The molecule has 0 heterocycles. The third-order valence-corrected chi connectivity index (χ3v) is 4.78. The molecule has 0 radical (unpaired) electrons. The first kappa shape index (κ1) is 16.1. The highest BCUT2D eigenvalue weighted by molar-refractivity contribution is 7.91. The molecule has 1 N–H and O–H groups in total. The number of carboxylic acid groups (broad SMARTS) is 1. The Morgan fingerprint density at radius 2 is 1.95 bits per heavy atom. The van der Waals surface area contributed by atoms with Gasteiger partial charge in [0, 0.05) is 6.54 Å². The van der Waals surface area contributed by atoms with Gasteiger partial charge in [-0.2, -0.15) is 5.26 Å². The lowest BCUT2D eigenvalue weighted by atomic mass is 10.2. The Balaban J connectivity index is 2.75. The van der Waals surface area contributed by atoms with Crippen molar-refractivity contribution in [1.82, 2.24) is 4.90 Å². The smallest absolute Gasteiger partial charge is 0.320 e. The van der Waals surface area contributed by atoms with Gasteiger partial charge in [0.1, 0.15) is 6.04 Å². The normalized spacial score (nSPS) is 12.9. The number of hydrogen-bond donors (Lipinski definition) is 1. The summed E-state index contributed by atoms with van der Waals surface area (Å²) in [6.07, 6.45) is 0. The van der Waals surface area contributed by atoms with Crippen LogP contribution in [0, 0.1) is 11.3 Å². The van der Waals surface area contributed by atoms with Gasteiger partial charge in [-0.3, -0.25) is 9.69 Å². The summed E-state index contributed by atoms with van der Waals surface area (Å²) in [4.78, 5) is 12.4. The van der Waals surface area contributed by atoms with Crippen LogP contribution in [-0.4, -0.2) is 49.8 Å². The second-order valence-corrected chi connectivity index (χ2v) is 6.56. The van der Waals surface area contributed by atoms with E-state index in [1.807, 2.05) is 6.07 Å². The van der Waals surface area contributed by atoms with Crippen LogP contribution in [0.2, 0.25) is 0 Å². The monoisotopic (exact) mass is 296 g/mol. The van der Waals surface area contributed by atoms with Crippen LogP contribution in [-0.2, 0) is 14.6 Å². The summed E-state index contributed by atoms with van der Waals surface area (Å²) in [7, 11) is -1.92. The third kappa shape index (κ3) is 4.05. The molecule has 0 aliphatic rings. The van der Waals surface area contributed by atoms with Gasteiger partial charge in [0.15, 0.2) is 9.84 Å². The molecule has 6 nitrogen and oxygen atoms in total. The van der Waals surface area contributed by atoms with Gasteiger partial charge >= 0.3 is 5.97 Å². The molecule has 0 spiro atoms. The zero-order valence-electron chi connectivity index (χ0n) is 11.3. The van der Waals surface area contributed by atoms with E-state index in [9.17, 15) is 13.2 Å². The molecule has 1 rings (SSSR count).